The van der Waals surface area contributed by atoms with E-state index in [1.54, 1.807) is 36.7 Å². The van der Waals surface area contributed by atoms with Gasteiger partial charge in [-0.2, -0.15) is 0 Å². The largest absolute Gasteiger partial charge is 0.399 e. The fourth-order valence-electron chi connectivity index (χ4n) is 1.48. The van der Waals surface area contributed by atoms with Crippen LogP contribution >= 0.6 is 0 Å². The Morgan fingerprint density at radius 1 is 1.12 bits per heavy atom. The normalized spacial score (nSPS) is 10.1. The van der Waals surface area contributed by atoms with Gasteiger partial charge in [-0.25, -0.2) is 0 Å². The number of ketones is 1. The van der Waals surface area contributed by atoms with Crippen molar-refractivity contribution in [1.82, 2.24) is 4.98 Å². The van der Waals surface area contributed by atoms with Crippen LogP contribution in [0.1, 0.15) is 21.5 Å². The smallest absolute Gasteiger partial charge is 0.194 e. The fourth-order valence-corrected chi connectivity index (χ4v) is 1.48. The molecule has 0 amide bonds. The number of nitrogens with zero attached hydrogens (tertiary/aromatic N) is 1. The molecule has 2 N–H and O–H groups in total. The maximum atomic E-state index is 12.0. The number of hydrogen-bond donors (Lipinski definition) is 1. The quantitative estimate of drug-likeness (QED) is 0.613. The Labute approximate surface area is 93.9 Å². The first-order valence-electron chi connectivity index (χ1n) is 4.99. The standard InChI is InChI=1S/C13H12N2O/c1-9-6-11(8-15-7-9)13(16)10-2-4-12(14)5-3-10/h2-8H,14H2,1H3. The third-order valence-electron chi connectivity index (χ3n) is 2.31. The molecule has 0 atom stereocenters. The van der Waals surface area contributed by atoms with Gasteiger partial charge < -0.3 is 5.73 Å². The van der Waals surface area contributed by atoms with Gasteiger partial charge in [0.05, 0.1) is 0 Å². The summed E-state index contributed by atoms with van der Waals surface area (Å²) < 4.78 is 0. The Morgan fingerprint density at radius 3 is 2.44 bits per heavy atom. The van der Waals surface area contributed by atoms with Crippen molar-refractivity contribution >= 4 is 11.5 Å². The number of carbonyl (C=O) groups is 1. The number of nitrogen functional groups attached to an aromatic ring is 1. The van der Waals surface area contributed by atoms with Crippen molar-refractivity contribution in [3.63, 3.8) is 0 Å². The molecule has 0 spiro atoms. The van der Waals surface area contributed by atoms with E-state index in [9.17, 15) is 4.79 Å². The van der Waals surface area contributed by atoms with Crippen molar-refractivity contribution in [3.8, 4) is 0 Å². The van der Waals surface area contributed by atoms with E-state index in [0.29, 0.717) is 16.8 Å². The van der Waals surface area contributed by atoms with E-state index in [4.69, 9.17) is 5.73 Å². The lowest BCUT2D eigenvalue weighted by Crippen LogP contribution is -2.02. The van der Waals surface area contributed by atoms with Crippen molar-refractivity contribution < 1.29 is 4.79 Å². The molecule has 0 radical (unpaired) electrons. The highest BCUT2D eigenvalue weighted by Crippen LogP contribution is 2.12. The van der Waals surface area contributed by atoms with Crippen LogP contribution in [0, 0.1) is 6.92 Å². The molecule has 0 fully saturated rings. The van der Waals surface area contributed by atoms with Crippen LogP contribution in [0.5, 0.6) is 0 Å². The summed E-state index contributed by atoms with van der Waals surface area (Å²) in [6, 6.07) is 8.71. The molecule has 0 saturated carbocycles. The van der Waals surface area contributed by atoms with Crippen molar-refractivity contribution in [3.05, 3.63) is 59.4 Å². The number of aryl methyl sites for hydroxylation is 1. The number of carbonyl (C=O) groups excluding carboxylic acids is 1. The Morgan fingerprint density at radius 2 is 1.81 bits per heavy atom. The zero-order chi connectivity index (χ0) is 11.5. The van der Waals surface area contributed by atoms with E-state index in [-0.39, 0.29) is 5.78 Å². The van der Waals surface area contributed by atoms with E-state index in [2.05, 4.69) is 4.98 Å². The van der Waals surface area contributed by atoms with Crippen LogP contribution in [0.25, 0.3) is 0 Å². The second-order valence-corrected chi connectivity index (χ2v) is 3.70. The maximum Gasteiger partial charge on any atom is 0.194 e. The minimum Gasteiger partial charge on any atom is -0.399 e. The number of benzene rings is 1. The van der Waals surface area contributed by atoms with E-state index < -0.39 is 0 Å². The third-order valence-corrected chi connectivity index (χ3v) is 2.31. The predicted octanol–water partition coefficient (Wildman–Crippen LogP) is 2.20. The van der Waals surface area contributed by atoms with Gasteiger partial charge in [0.25, 0.3) is 0 Å². The summed E-state index contributed by atoms with van der Waals surface area (Å²) in [6.07, 6.45) is 3.30. The molecule has 80 valence electrons. The fraction of sp³-hybridized carbons (Fsp3) is 0.0769. The van der Waals surface area contributed by atoms with Gasteiger partial charge >= 0.3 is 0 Å². The van der Waals surface area contributed by atoms with Gasteiger partial charge in [-0.05, 0) is 42.8 Å². The topological polar surface area (TPSA) is 56.0 Å². The number of anilines is 1. The van der Waals surface area contributed by atoms with Crippen LogP contribution in [0.15, 0.2) is 42.7 Å². The summed E-state index contributed by atoms with van der Waals surface area (Å²) in [5.41, 5.74) is 8.42. The molecule has 0 aliphatic heterocycles. The van der Waals surface area contributed by atoms with Crippen molar-refractivity contribution in [2.24, 2.45) is 0 Å². The molecule has 0 aliphatic rings. The van der Waals surface area contributed by atoms with Crippen molar-refractivity contribution in [2.75, 3.05) is 5.73 Å². The lowest BCUT2D eigenvalue weighted by molar-refractivity contribution is 0.103. The third kappa shape index (κ3) is 2.08. The Hall–Kier alpha value is -2.16. The predicted molar refractivity (Wildman–Crippen MR) is 63.3 cm³/mol. The van der Waals surface area contributed by atoms with Gasteiger partial charge in [0.2, 0.25) is 0 Å². The van der Waals surface area contributed by atoms with Gasteiger partial charge in [0.15, 0.2) is 5.78 Å². The molecule has 16 heavy (non-hydrogen) atoms. The number of aromatic nitrogens is 1. The molecule has 1 heterocycles. The molecular formula is C13H12N2O. The average molecular weight is 212 g/mol. The minimum atomic E-state index is -0.0313. The molecule has 2 aromatic rings. The van der Waals surface area contributed by atoms with Crippen LogP contribution in [0.4, 0.5) is 5.69 Å². The average Bonchev–Trinajstić information content (AvgIpc) is 2.29. The highest BCUT2D eigenvalue weighted by molar-refractivity contribution is 6.08. The first kappa shape index (κ1) is 10.4. The number of rotatable bonds is 2. The van der Waals surface area contributed by atoms with Gasteiger partial charge in [-0.15, -0.1) is 0 Å². The van der Waals surface area contributed by atoms with Crippen LogP contribution in [0.3, 0.4) is 0 Å². The SMILES string of the molecule is Cc1cncc(C(=O)c2ccc(N)cc2)c1. The van der Waals surface area contributed by atoms with Crippen LogP contribution < -0.4 is 5.73 Å². The Kier molecular flexibility index (Phi) is 2.68. The molecule has 1 aromatic heterocycles. The summed E-state index contributed by atoms with van der Waals surface area (Å²) in [7, 11) is 0. The molecule has 2 rings (SSSR count). The first-order valence-corrected chi connectivity index (χ1v) is 4.99. The van der Waals surface area contributed by atoms with E-state index in [1.165, 1.54) is 0 Å². The number of hydrogen-bond acceptors (Lipinski definition) is 3. The molecule has 3 nitrogen and oxygen atoms in total. The van der Waals surface area contributed by atoms with Crippen LogP contribution in [-0.2, 0) is 0 Å². The Bertz CT molecular complexity index is 518. The van der Waals surface area contributed by atoms with Gasteiger partial charge in [0, 0.05) is 29.2 Å². The summed E-state index contributed by atoms with van der Waals surface area (Å²) in [5.74, 6) is -0.0313. The van der Waals surface area contributed by atoms with Gasteiger partial charge in [0.1, 0.15) is 0 Å². The molecule has 0 bridgehead atoms. The van der Waals surface area contributed by atoms with E-state index in [0.717, 1.165) is 5.56 Å². The maximum absolute atomic E-state index is 12.0. The summed E-state index contributed by atoms with van der Waals surface area (Å²) in [5, 5.41) is 0. The van der Waals surface area contributed by atoms with Crippen LogP contribution in [-0.4, -0.2) is 10.8 Å². The molecule has 0 unspecified atom stereocenters. The first-order chi connectivity index (χ1) is 7.66. The van der Waals surface area contributed by atoms with E-state index >= 15 is 0 Å². The lowest BCUT2D eigenvalue weighted by Gasteiger charge is -2.02. The monoisotopic (exact) mass is 212 g/mol. The summed E-state index contributed by atoms with van der Waals surface area (Å²) in [6.45, 7) is 1.91. The van der Waals surface area contributed by atoms with Crippen molar-refractivity contribution in [1.29, 1.82) is 0 Å². The van der Waals surface area contributed by atoms with Crippen LogP contribution in [0.2, 0.25) is 0 Å². The lowest BCUT2D eigenvalue weighted by atomic mass is 10.0. The number of pyridine rings is 1. The molecule has 3 heteroatoms. The highest BCUT2D eigenvalue weighted by atomic mass is 16.1. The minimum absolute atomic E-state index is 0.0313. The van der Waals surface area contributed by atoms with E-state index in [1.807, 2.05) is 13.0 Å². The second kappa shape index (κ2) is 4.14. The summed E-state index contributed by atoms with van der Waals surface area (Å²) >= 11 is 0. The number of nitrogens with two attached hydrogens (primary N) is 1. The molecular weight excluding hydrogens is 200 g/mol. The zero-order valence-electron chi connectivity index (χ0n) is 8.97. The summed E-state index contributed by atoms with van der Waals surface area (Å²) in [4.78, 5) is 16.0. The zero-order valence-corrected chi connectivity index (χ0v) is 8.97. The molecule has 0 saturated heterocycles. The Balaban J connectivity index is 2.35. The van der Waals surface area contributed by atoms with Gasteiger partial charge in [-0.3, -0.25) is 9.78 Å². The molecule has 1 aromatic carbocycles. The highest BCUT2D eigenvalue weighted by Gasteiger charge is 2.08. The molecule has 0 aliphatic carbocycles. The second-order valence-electron chi connectivity index (χ2n) is 3.70. The van der Waals surface area contributed by atoms with Crippen molar-refractivity contribution in [2.45, 2.75) is 6.92 Å². The van der Waals surface area contributed by atoms with Gasteiger partial charge in [-0.1, -0.05) is 0 Å².